The highest BCUT2D eigenvalue weighted by atomic mass is 32.2. The third-order valence-electron chi connectivity index (χ3n) is 2.63. The zero-order valence-electron chi connectivity index (χ0n) is 9.20. The molecule has 0 aromatic carbocycles. The van der Waals surface area contributed by atoms with Crippen LogP contribution < -0.4 is 4.72 Å². The SMILES string of the molecule is CC1CC1NS(=O)(=O)c1cnn(CC(=O)O)c1. The lowest BCUT2D eigenvalue weighted by molar-refractivity contribution is -0.137. The van der Waals surface area contributed by atoms with Crippen molar-refractivity contribution in [2.45, 2.75) is 30.8 Å². The molecule has 94 valence electrons. The number of hydrogen-bond donors (Lipinski definition) is 2. The lowest BCUT2D eigenvalue weighted by atomic mass is 10.5. The van der Waals surface area contributed by atoms with E-state index in [9.17, 15) is 13.2 Å². The van der Waals surface area contributed by atoms with Crippen LogP contribution in [0.2, 0.25) is 0 Å². The van der Waals surface area contributed by atoms with Crippen molar-refractivity contribution >= 4 is 16.0 Å². The molecule has 1 heterocycles. The van der Waals surface area contributed by atoms with Gasteiger partial charge in [-0.05, 0) is 12.3 Å². The summed E-state index contributed by atoms with van der Waals surface area (Å²) >= 11 is 0. The fourth-order valence-electron chi connectivity index (χ4n) is 1.46. The van der Waals surface area contributed by atoms with E-state index >= 15 is 0 Å². The van der Waals surface area contributed by atoms with E-state index in [2.05, 4.69) is 9.82 Å². The maximum atomic E-state index is 11.8. The van der Waals surface area contributed by atoms with Crippen molar-refractivity contribution in [1.82, 2.24) is 14.5 Å². The van der Waals surface area contributed by atoms with E-state index in [0.29, 0.717) is 5.92 Å². The Labute approximate surface area is 98.5 Å². The van der Waals surface area contributed by atoms with Gasteiger partial charge in [-0.2, -0.15) is 5.10 Å². The van der Waals surface area contributed by atoms with E-state index in [4.69, 9.17) is 5.11 Å². The van der Waals surface area contributed by atoms with Crippen LogP contribution in [0.25, 0.3) is 0 Å². The summed E-state index contributed by atoms with van der Waals surface area (Å²) < 4.78 is 27.2. The molecular formula is C9H13N3O4S. The van der Waals surface area contributed by atoms with Crippen molar-refractivity contribution in [3.8, 4) is 0 Å². The number of aliphatic carboxylic acids is 1. The molecule has 1 aliphatic rings. The maximum Gasteiger partial charge on any atom is 0.325 e. The summed E-state index contributed by atoms with van der Waals surface area (Å²) in [7, 11) is -3.57. The first-order valence-corrected chi connectivity index (χ1v) is 6.63. The van der Waals surface area contributed by atoms with Gasteiger partial charge >= 0.3 is 5.97 Å². The molecule has 7 nitrogen and oxygen atoms in total. The van der Waals surface area contributed by atoms with E-state index in [1.54, 1.807) is 0 Å². The quantitative estimate of drug-likeness (QED) is 0.753. The lowest BCUT2D eigenvalue weighted by Crippen LogP contribution is -2.26. The molecule has 1 fully saturated rings. The third kappa shape index (κ3) is 2.83. The summed E-state index contributed by atoms with van der Waals surface area (Å²) in [4.78, 5) is 10.4. The molecule has 1 aromatic heterocycles. The van der Waals surface area contributed by atoms with Gasteiger partial charge in [-0.3, -0.25) is 9.48 Å². The molecule has 17 heavy (non-hydrogen) atoms. The van der Waals surface area contributed by atoms with Gasteiger partial charge in [-0.1, -0.05) is 6.92 Å². The van der Waals surface area contributed by atoms with Crippen LogP contribution in [-0.4, -0.2) is 35.3 Å². The predicted octanol–water partition coefficient (Wildman–Crippen LogP) is -0.346. The van der Waals surface area contributed by atoms with Crippen molar-refractivity contribution in [3.63, 3.8) is 0 Å². The molecule has 0 saturated heterocycles. The minimum atomic E-state index is -3.57. The Morgan fingerprint density at radius 2 is 2.35 bits per heavy atom. The number of rotatable bonds is 5. The molecule has 2 rings (SSSR count). The van der Waals surface area contributed by atoms with Gasteiger partial charge < -0.3 is 5.11 Å². The number of nitrogens with zero attached hydrogens (tertiary/aromatic N) is 2. The second-order valence-corrected chi connectivity index (χ2v) is 5.92. The highest BCUT2D eigenvalue weighted by Gasteiger charge is 2.36. The number of aromatic nitrogens is 2. The first-order chi connectivity index (χ1) is 7.88. The van der Waals surface area contributed by atoms with Crippen LogP contribution in [0.4, 0.5) is 0 Å². The molecule has 1 saturated carbocycles. The highest BCUT2D eigenvalue weighted by Crippen LogP contribution is 2.30. The Hall–Kier alpha value is -1.41. The van der Waals surface area contributed by atoms with Crippen LogP contribution in [0.1, 0.15) is 13.3 Å². The van der Waals surface area contributed by atoms with Gasteiger partial charge in [0.2, 0.25) is 10.0 Å². The van der Waals surface area contributed by atoms with Gasteiger partial charge in [0, 0.05) is 12.2 Å². The fraction of sp³-hybridized carbons (Fsp3) is 0.556. The van der Waals surface area contributed by atoms with E-state index in [0.717, 1.165) is 17.3 Å². The zero-order chi connectivity index (χ0) is 12.6. The second-order valence-electron chi connectivity index (χ2n) is 4.21. The summed E-state index contributed by atoms with van der Waals surface area (Å²) in [5.74, 6) is -0.709. The molecule has 1 aliphatic carbocycles. The summed E-state index contributed by atoms with van der Waals surface area (Å²) in [6.45, 7) is 1.61. The van der Waals surface area contributed by atoms with E-state index in [1.165, 1.54) is 6.20 Å². The van der Waals surface area contributed by atoms with Crippen LogP contribution >= 0.6 is 0 Å². The van der Waals surface area contributed by atoms with Gasteiger partial charge in [0.05, 0.1) is 6.20 Å². The molecule has 0 aliphatic heterocycles. The molecule has 0 radical (unpaired) electrons. The van der Waals surface area contributed by atoms with Gasteiger partial charge in [-0.15, -0.1) is 0 Å². The molecule has 0 spiro atoms. The third-order valence-corrected chi connectivity index (χ3v) is 4.08. The van der Waals surface area contributed by atoms with Gasteiger partial charge in [0.25, 0.3) is 0 Å². The molecule has 0 bridgehead atoms. The molecule has 0 amide bonds. The zero-order valence-corrected chi connectivity index (χ0v) is 10.0. The first kappa shape index (κ1) is 12.1. The average Bonchev–Trinajstić information content (AvgIpc) is 2.71. The van der Waals surface area contributed by atoms with Gasteiger partial charge in [-0.25, -0.2) is 13.1 Å². The Morgan fingerprint density at radius 1 is 1.71 bits per heavy atom. The standard InChI is InChI=1S/C9H13N3O4S/c1-6-2-8(6)11-17(15,16)7-3-10-12(4-7)5-9(13)14/h3-4,6,8,11H,2,5H2,1H3,(H,13,14). The smallest absolute Gasteiger partial charge is 0.325 e. The van der Waals surface area contributed by atoms with Crippen LogP contribution in [0.3, 0.4) is 0 Å². The van der Waals surface area contributed by atoms with Gasteiger partial charge in [0.1, 0.15) is 11.4 Å². The van der Waals surface area contributed by atoms with Crippen molar-refractivity contribution < 1.29 is 18.3 Å². The van der Waals surface area contributed by atoms with E-state index < -0.39 is 16.0 Å². The molecule has 2 unspecified atom stereocenters. The van der Waals surface area contributed by atoms with E-state index in [1.807, 2.05) is 6.92 Å². The minimum absolute atomic E-state index is 0.00199. The monoisotopic (exact) mass is 259 g/mol. The number of carboxylic acids is 1. The lowest BCUT2D eigenvalue weighted by Gasteiger charge is -2.02. The number of nitrogens with one attached hydrogen (secondary N) is 1. The topological polar surface area (TPSA) is 101 Å². The maximum absolute atomic E-state index is 11.8. The molecular weight excluding hydrogens is 246 g/mol. The van der Waals surface area contributed by atoms with Crippen LogP contribution in [0.15, 0.2) is 17.3 Å². The number of sulfonamides is 1. The molecule has 2 N–H and O–H groups in total. The summed E-state index contributed by atoms with van der Waals surface area (Å²) in [5.41, 5.74) is 0. The normalized spacial score (nSPS) is 23.6. The second kappa shape index (κ2) is 4.11. The van der Waals surface area contributed by atoms with Crippen molar-refractivity contribution in [2.75, 3.05) is 0 Å². The Bertz CT molecular complexity index is 536. The van der Waals surface area contributed by atoms with Crippen LogP contribution in [0.5, 0.6) is 0 Å². The van der Waals surface area contributed by atoms with Crippen molar-refractivity contribution in [2.24, 2.45) is 5.92 Å². The van der Waals surface area contributed by atoms with E-state index in [-0.39, 0.29) is 17.5 Å². The first-order valence-electron chi connectivity index (χ1n) is 5.15. The van der Waals surface area contributed by atoms with Crippen molar-refractivity contribution in [1.29, 1.82) is 0 Å². The van der Waals surface area contributed by atoms with Gasteiger partial charge in [0.15, 0.2) is 0 Å². The molecule has 2 atom stereocenters. The molecule has 1 aromatic rings. The Morgan fingerprint density at radius 3 is 2.88 bits per heavy atom. The van der Waals surface area contributed by atoms with Crippen molar-refractivity contribution in [3.05, 3.63) is 12.4 Å². The minimum Gasteiger partial charge on any atom is -0.480 e. The Kier molecular flexibility index (Phi) is 2.92. The fourth-order valence-corrected chi connectivity index (χ4v) is 2.77. The number of carboxylic acid groups (broad SMARTS) is 1. The Balaban J connectivity index is 2.10. The predicted molar refractivity (Wildman–Crippen MR) is 57.8 cm³/mol. The summed E-state index contributed by atoms with van der Waals surface area (Å²) in [6, 6.07) is -0.0113. The summed E-state index contributed by atoms with van der Waals surface area (Å²) in [5, 5.41) is 12.2. The van der Waals surface area contributed by atoms with Crippen LogP contribution in [-0.2, 0) is 21.4 Å². The largest absolute Gasteiger partial charge is 0.480 e. The molecule has 8 heteroatoms. The number of carbonyl (C=O) groups is 1. The summed E-state index contributed by atoms with van der Waals surface area (Å²) in [6.07, 6.45) is 3.20. The van der Waals surface area contributed by atoms with Crippen LogP contribution in [0, 0.1) is 5.92 Å². The number of hydrogen-bond acceptors (Lipinski definition) is 4. The highest BCUT2D eigenvalue weighted by molar-refractivity contribution is 7.89. The average molecular weight is 259 g/mol.